The lowest BCUT2D eigenvalue weighted by Gasteiger charge is -2.26. The van der Waals surface area contributed by atoms with Gasteiger partial charge in [-0.1, -0.05) is 20.3 Å². The first-order valence-electron chi connectivity index (χ1n) is 9.43. The molecule has 150 valence electrons. The molecule has 1 aromatic carbocycles. The van der Waals surface area contributed by atoms with Crippen molar-refractivity contribution < 1.29 is 13.9 Å². The van der Waals surface area contributed by atoms with E-state index in [1.165, 1.54) is 0 Å². The number of nitrogens with zero attached hydrogens (tertiary/aromatic N) is 2. The van der Waals surface area contributed by atoms with E-state index in [1.54, 1.807) is 0 Å². The second-order valence-corrected chi connectivity index (χ2v) is 7.59. The molecule has 9 heteroatoms. The van der Waals surface area contributed by atoms with E-state index >= 15 is 0 Å². The van der Waals surface area contributed by atoms with Crippen molar-refractivity contribution in [3.63, 3.8) is 0 Å². The van der Waals surface area contributed by atoms with Crippen LogP contribution in [0.5, 0.6) is 0 Å². The summed E-state index contributed by atoms with van der Waals surface area (Å²) in [6, 6.07) is 1.12. The van der Waals surface area contributed by atoms with Gasteiger partial charge in [0.2, 0.25) is 10.9 Å². The Labute approximate surface area is 165 Å². The van der Waals surface area contributed by atoms with Crippen molar-refractivity contribution in [2.45, 2.75) is 57.8 Å². The van der Waals surface area contributed by atoms with Crippen molar-refractivity contribution in [2.75, 3.05) is 12.0 Å². The Balaban J connectivity index is 2.00. The Morgan fingerprint density at radius 3 is 2.71 bits per heavy atom. The zero-order valence-corrected chi connectivity index (χ0v) is 16.6. The Morgan fingerprint density at radius 2 is 2.07 bits per heavy atom. The van der Waals surface area contributed by atoms with E-state index in [1.807, 2.05) is 13.8 Å². The number of ether oxygens (including phenoxy) is 1. The lowest BCUT2D eigenvalue weighted by molar-refractivity contribution is -0.146. The number of anilines is 1. The summed E-state index contributed by atoms with van der Waals surface area (Å²) < 4.78 is 22.1. The highest BCUT2D eigenvalue weighted by Gasteiger charge is 2.38. The predicted molar refractivity (Wildman–Crippen MR) is 103 cm³/mol. The van der Waals surface area contributed by atoms with Crippen LogP contribution in [0, 0.1) is 5.13 Å². The van der Waals surface area contributed by atoms with Gasteiger partial charge in [0.15, 0.2) is 16.3 Å². The molecule has 2 atom stereocenters. The van der Waals surface area contributed by atoms with Crippen molar-refractivity contribution >= 4 is 23.3 Å². The molecule has 0 saturated carbocycles. The summed E-state index contributed by atoms with van der Waals surface area (Å²) in [7, 11) is 0. The number of aromatic nitrogens is 1. The van der Waals surface area contributed by atoms with Crippen LogP contribution in [0.15, 0.2) is 20.8 Å². The first-order chi connectivity index (χ1) is 13.5. The van der Waals surface area contributed by atoms with Gasteiger partial charge in [-0.25, -0.2) is 0 Å². The van der Waals surface area contributed by atoms with E-state index in [0.717, 1.165) is 18.9 Å². The van der Waals surface area contributed by atoms with Crippen molar-refractivity contribution in [3.05, 3.63) is 48.1 Å². The second-order valence-electron chi connectivity index (χ2n) is 6.83. The third kappa shape index (κ3) is 3.89. The van der Waals surface area contributed by atoms with Gasteiger partial charge in [-0.15, -0.1) is 0 Å². The minimum absolute atomic E-state index is 0.0874. The third-order valence-corrected chi connectivity index (χ3v) is 5.63. The molecular weight excluding hydrogens is 385 g/mol. The number of fused-ring (bicyclic) bond motifs is 1. The maximum absolute atomic E-state index is 13.1. The first kappa shape index (κ1) is 20.3. The Bertz CT molecular complexity index is 1010. The molecule has 0 radical (unpaired) electrons. The number of unbranched alkanes of at least 4 members (excludes halogenated alkanes) is 1. The minimum Gasteiger partial charge on any atom is -0.465 e. The fourth-order valence-corrected chi connectivity index (χ4v) is 4.04. The zero-order chi connectivity index (χ0) is 20.3. The molecule has 1 heterocycles. The number of nitrogens with one attached hydrogen (secondary N) is 1. The lowest BCUT2D eigenvalue weighted by atomic mass is 9.77. The fraction of sp³-hybridized carbons (Fsp3) is 0.526. The quantitative estimate of drug-likeness (QED) is 0.430. The molecule has 2 aromatic rings. The normalized spacial score (nSPS) is 19.5. The van der Waals surface area contributed by atoms with Crippen LogP contribution in [0.4, 0.5) is 10.2 Å². The van der Waals surface area contributed by atoms with Crippen LogP contribution < -0.4 is 21.6 Å². The number of carbonyl (C=O) groups excluding carboxylic acids is 1. The fourth-order valence-electron chi connectivity index (χ4n) is 3.59. The molecule has 1 aliphatic rings. The van der Waals surface area contributed by atoms with E-state index in [-0.39, 0.29) is 22.7 Å². The molecule has 7 nitrogen and oxygen atoms in total. The Morgan fingerprint density at radius 1 is 1.32 bits per heavy atom. The number of hydrogen-bond acceptors (Lipinski definition) is 8. The molecule has 0 saturated heterocycles. The molecule has 3 rings (SSSR count). The largest absolute Gasteiger partial charge is 0.465 e. The summed E-state index contributed by atoms with van der Waals surface area (Å²) in [6.45, 7) is 4.23. The van der Waals surface area contributed by atoms with Gasteiger partial charge >= 0.3 is 5.97 Å². The van der Waals surface area contributed by atoms with E-state index in [0.29, 0.717) is 43.0 Å². The van der Waals surface area contributed by atoms with Crippen molar-refractivity contribution in [1.82, 2.24) is 4.37 Å². The van der Waals surface area contributed by atoms with Gasteiger partial charge in [-0.2, -0.15) is 13.9 Å². The first-order valence-corrected chi connectivity index (χ1v) is 10.2. The molecule has 0 aliphatic heterocycles. The molecule has 1 aliphatic carbocycles. The molecule has 2 unspecified atom stereocenters. The molecular formula is C19H22FN3O4S. The van der Waals surface area contributed by atoms with Crippen molar-refractivity contribution in [2.24, 2.45) is 5.10 Å². The molecule has 28 heavy (non-hydrogen) atoms. The van der Waals surface area contributed by atoms with Crippen LogP contribution in [0.2, 0.25) is 0 Å². The summed E-state index contributed by atoms with van der Waals surface area (Å²) >= 11 is 0.636. The van der Waals surface area contributed by atoms with E-state index in [2.05, 4.69) is 14.9 Å². The summed E-state index contributed by atoms with van der Waals surface area (Å²) in [5.41, 5.74) is 2.02. The number of carbonyl (C=O) groups is 1. The van der Waals surface area contributed by atoms with E-state index < -0.39 is 27.9 Å². The van der Waals surface area contributed by atoms with Gasteiger partial charge in [0.1, 0.15) is 0 Å². The number of rotatable bonds is 7. The number of hydrogen-bond donors (Lipinski definition) is 1. The average molecular weight is 407 g/mol. The highest BCUT2D eigenvalue weighted by atomic mass is 32.1. The van der Waals surface area contributed by atoms with Crippen LogP contribution in [0.25, 0.3) is 0 Å². The standard InChI is InChI=1S/C19H22FN3O4S/c1-3-5-8-27-19(26)11-7-6-10(4-2)14-15(11)18(25)16(17(14)24)22-21-13-9-12(20)28-23-13/h9-11H,3-8H2,1-2H3,(H,21,23). The van der Waals surface area contributed by atoms with Gasteiger partial charge < -0.3 is 4.74 Å². The zero-order valence-electron chi connectivity index (χ0n) is 15.8. The van der Waals surface area contributed by atoms with Crippen molar-refractivity contribution in [3.8, 4) is 0 Å². The molecule has 0 fully saturated rings. The van der Waals surface area contributed by atoms with Gasteiger partial charge in [-0.05, 0) is 43.1 Å². The summed E-state index contributed by atoms with van der Waals surface area (Å²) in [4.78, 5) is 38.3. The molecule has 1 aromatic heterocycles. The summed E-state index contributed by atoms with van der Waals surface area (Å²) in [6.07, 6.45) is 3.43. The average Bonchev–Trinajstić information content (AvgIpc) is 3.21. The highest BCUT2D eigenvalue weighted by molar-refractivity contribution is 7.04. The maximum atomic E-state index is 13.1. The van der Waals surface area contributed by atoms with Crippen LogP contribution in [-0.4, -0.2) is 16.9 Å². The van der Waals surface area contributed by atoms with Crippen LogP contribution >= 0.6 is 11.5 Å². The van der Waals surface area contributed by atoms with Crippen LogP contribution in [0.1, 0.15) is 68.9 Å². The van der Waals surface area contributed by atoms with Gasteiger partial charge in [-0.3, -0.25) is 19.8 Å². The molecule has 0 bridgehead atoms. The van der Waals surface area contributed by atoms with Gasteiger partial charge in [0.25, 0.3) is 0 Å². The van der Waals surface area contributed by atoms with Gasteiger partial charge in [0, 0.05) is 17.2 Å². The topological polar surface area (TPSA) is 97.7 Å². The predicted octanol–water partition coefficient (Wildman–Crippen LogP) is 2.52. The van der Waals surface area contributed by atoms with E-state index in [9.17, 15) is 18.8 Å². The monoisotopic (exact) mass is 407 g/mol. The smallest absolute Gasteiger partial charge is 0.313 e. The van der Waals surface area contributed by atoms with Crippen LogP contribution in [0.3, 0.4) is 0 Å². The summed E-state index contributed by atoms with van der Waals surface area (Å²) in [5, 5.41) is 3.09. The SMILES string of the molecule is CCCCOC(=O)C1CCC(CC)c2c1c(=O)c(=NNc1cc(F)sn1)c2=O. The van der Waals surface area contributed by atoms with Crippen molar-refractivity contribution in [1.29, 1.82) is 0 Å². The third-order valence-electron chi connectivity index (χ3n) is 5.05. The molecule has 1 N–H and O–H groups in total. The minimum atomic E-state index is -0.740. The highest BCUT2D eigenvalue weighted by Crippen LogP contribution is 2.37. The number of esters is 1. The lowest BCUT2D eigenvalue weighted by Crippen LogP contribution is -2.34. The van der Waals surface area contributed by atoms with Crippen LogP contribution in [-0.2, 0) is 9.53 Å². The molecule has 0 spiro atoms. The Kier molecular flexibility index (Phi) is 6.33. The summed E-state index contributed by atoms with van der Waals surface area (Å²) in [5.74, 6) is -1.18. The number of halogens is 1. The maximum Gasteiger partial charge on any atom is 0.313 e. The Hall–Kier alpha value is -2.42. The molecule has 0 amide bonds. The van der Waals surface area contributed by atoms with E-state index in [4.69, 9.17) is 4.74 Å². The van der Waals surface area contributed by atoms with Gasteiger partial charge in [0.05, 0.1) is 12.5 Å². The second kappa shape index (κ2) is 8.72.